The third-order valence-electron chi connectivity index (χ3n) is 1.33. The van der Waals surface area contributed by atoms with Crippen LogP contribution < -0.4 is 5.73 Å². The zero-order valence-electron chi connectivity index (χ0n) is 7.66. The first-order valence-electron chi connectivity index (χ1n) is 4.03. The van der Waals surface area contributed by atoms with Gasteiger partial charge >= 0.3 is 12.0 Å². The molecule has 0 saturated carbocycles. The topological polar surface area (TPSA) is 72.6 Å². The summed E-state index contributed by atoms with van der Waals surface area (Å²) in [4.78, 5) is 26.0. The maximum Gasteiger partial charge on any atom is 0.355 e. The van der Waals surface area contributed by atoms with Gasteiger partial charge in [-0.1, -0.05) is 19.9 Å². The van der Waals surface area contributed by atoms with Gasteiger partial charge in [0.1, 0.15) is 0 Å². The molecule has 0 spiro atoms. The predicted molar refractivity (Wildman–Crippen MR) is 47.5 cm³/mol. The second-order valence-corrected chi connectivity index (χ2v) is 2.41. The summed E-state index contributed by atoms with van der Waals surface area (Å²) in [7, 11) is 0. The van der Waals surface area contributed by atoms with Crippen LogP contribution in [0.15, 0.2) is 12.7 Å². The van der Waals surface area contributed by atoms with Crippen LogP contribution in [0.5, 0.6) is 0 Å². The number of amides is 2. The number of primary amides is 1. The first kappa shape index (κ1) is 11.5. The first-order chi connectivity index (χ1) is 6.11. The number of unbranched alkanes of at least 4 members (excludes halogenated alkanes) is 1. The average Bonchev–Trinajstić information content (AvgIpc) is 2.11. The molecule has 5 heteroatoms. The van der Waals surface area contributed by atoms with Gasteiger partial charge in [0.15, 0.2) is 0 Å². The van der Waals surface area contributed by atoms with Crippen LogP contribution >= 0.6 is 0 Å². The fraction of sp³-hybridized carbons (Fsp3) is 0.500. The van der Waals surface area contributed by atoms with Crippen molar-refractivity contribution in [3.63, 3.8) is 0 Å². The van der Waals surface area contributed by atoms with Crippen molar-refractivity contribution in [1.82, 2.24) is 5.06 Å². The smallest absolute Gasteiger partial charge is 0.349 e. The van der Waals surface area contributed by atoms with Crippen molar-refractivity contribution in [3.05, 3.63) is 12.7 Å². The van der Waals surface area contributed by atoms with Gasteiger partial charge in [0.25, 0.3) is 0 Å². The molecule has 0 aromatic rings. The minimum absolute atomic E-state index is 0.311. The Balaban J connectivity index is 4.01. The average molecular weight is 186 g/mol. The molecule has 0 rings (SSSR count). The van der Waals surface area contributed by atoms with Gasteiger partial charge in [-0.15, -0.1) is 0 Å². The normalized spacial score (nSPS) is 9.00. The molecule has 0 unspecified atom stereocenters. The Labute approximate surface area is 77.1 Å². The molecule has 0 bridgehead atoms. The lowest BCUT2D eigenvalue weighted by Gasteiger charge is -2.17. The third kappa shape index (κ3) is 4.84. The Hall–Kier alpha value is -1.52. The van der Waals surface area contributed by atoms with Crippen molar-refractivity contribution >= 4 is 12.0 Å². The number of hydroxylamine groups is 2. The lowest BCUT2D eigenvalue weighted by atomic mass is 10.3. The molecule has 0 aromatic carbocycles. The minimum Gasteiger partial charge on any atom is -0.349 e. The van der Waals surface area contributed by atoms with Crippen molar-refractivity contribution in [3.8, 4) is 0 Å². The number of nitrogens with two attached hydrogens (primary N) is 1. The molecule has 0 aliphatic rings. The Morgan fingerprint density at radius 1 is 1.62 bits per heavy atom. The maximum absolute atomic E-state index is 10.7. The van der Waals surface area contributed by atoms with E-state index >= 15 is 0 Å². The highest BCUT2D eigenvalue weighted by atomic mass is 16.7. The molecule has 5 nitrogen and oxygen atoms in total. The Morgan fingerprint density at radius 3 is 2.62 bits per heavy atom. The van der Waals surface area contributed by atoms with E-state index in [0.29, 0.717) is 6.54 Å². The van der Waals surface area contributed by atoms with Crippen molar-refractivity contribution in [2.75, 3.05) is 6.54 Å². The molecule has 0 radical (unpaired) electrons. The van der Waals surface area contributed by atoms with E-state index in [9.17, 15) is 9.59 Å². The monoisotopic (exact) mass is 186 g/mol. The highest BCUT2D eigenvalue weighted by molar-refractivity contribution is 5.82. The first-order valence-corrected chi connectivity index (χ1v) is 4.03. The third-order valence-corrected chi connectivity index (χ3v) is 1.33. The molecule has 0 saturated heterocycles. The molecule has 0 aliphatic heterocycles. The van der Waals surface area contributed by atoms with Crippen LogP contribution in [-0.4, -0.2) is 23.6 Å². The quantitative estimate of drug-likeness (QED) is 0.521. The van der Waals surface area contributed by atoms with Gasteiger partial charge < -0.3 is 10.6 Å². The van der Waals surface area contributed by atoms with E-state index in [1.807, 2.05) is 6.92 Å². The van der Waals surface area contributed by atoms with Gasteiger partial charge in [0.05, 0.1) is 6.54 Å². The van der Waals surface area contributed by atoms with E-state index in [1.54, 1.807) is 0 Å². The summed E-state index contributed by atoms with van der Waals surface area (Å²) < 4.78 is 0. The number of urea groups is 1. The van der Waals surface area contributed by atoms with Crippen LogP contribution in [0, 0.1) is 0 Å². The Kier molecular flexibility index (Phi) is 5.34. The number of carbonyl (C=O) groups is 2. The molecule has 0 atom stereocenters. The second kappa shape index (κ2) is 6.05. The highest BCUT2D eigenvalue weighted by Gasteiger charge is 2.12. The SMILES string of the molecule is C=CC(=O)ON(CCCC)C(N)=O. The van der Waals surface area contributed by atoms with Gasteiger partial charge in [-0.25, -0.2) is 9.59 Å². The summed E-state index contributed by atoms with van der Waals surface area (Å²) in [6, 6.07) is -0.774. The van der Waals surface area contributed by atoms with Crippen molar-refractivity contribution < 1.29 is 14.4 Å². The summed E-state index contributed by atoms with van der Waals surface area (Å²) in [6.45, 7) is 5.46. The molecule has 0 aliphatic carbocycles. The molecular weight excluding hydrogens is 172 g/mol. The number of rotatable bonds is 4. The predicted octanol–water partition coefficient (Wildman–Crippen LogP) is 0.811. The number of nitrogens with zero attached hydrogens (tertiary/aromatic N) is 1. The van der Waals surface area contributed by atoms with Crippen LogP contribution in [0.1, 0.15) is 19.8 Å². The molecule has 74 valence electrons. The van der Waals surface area contributed by atoms with E-state index < -0.39 is 12.0 Å². The maximum atomic E-state index is 10.7. The van der Waals surface area contributed by atoms with Crippen LogP contribution in [0.2, 0.25) is 0 Å². The Morgan fingerprint density at radius 2 is 2.23 bits per heavy atom. The lowest BCUT2D eigenvalue weighted by Crippen LogP contribution is -2.37. The summed E-state index contributed by atoms with van der Waals surface area (Å²) >= 11 is 0. The lowest BCUT2D eigenvalue weighted by molar-refractivity contribution is -0.169. The molecule has 0 heterocycles. The fourth-order valence-corrected chi connectivity index (χ4v) is 0.648. The van der Waals surface area contributed by atoms with E-state index in [1.165, 1.54) is 0 Å². The van der Waals surface area contributed by atoms with Crippen LogP contribution in [-0.2, 0) is 9.63 Å². The van der Waals surface area contributed by atoms with E-state index in [0.717, 1.165) is 24.0 Å². The largest absolute Gasteiger partial charge is 0.355 e. The number of carbonyl (C=O) groups excluding carboxylic acids is 2. The summed E-state index contributed by atoms with van der Waals surface area (Å²) in [6.07, 6.45) is 2.59. The van der Waals surface area contributed by atoms with E-state index in [-0.39, 0.29) is 0 Å². The van der Waals surface area contributed by atoms with Gasteiger partial charge in [-0.05, 0) is 6.42 Å². The van der Waals surface area contributed by atoms with Crippen molar-refractivity contribution in [2.45, 2.75) is 19.8 Å². The minimum atomic E-state index is -0.774. The zero-order chi connectivity index (χ0) is 10.3. The fourth-order valence-electron chi connectivity index (χ4n) is 0.648. The van der Waals surface area contributed by atoms with Crippen molar-refractivity contribution in [2.24, 2.45) is 5.73 Å². The number of hydrogen-bond donors (Lipinski definition) is 1. The molecule has 13 heavy (non-hydrogen) atoms. The molecule has 0 aromatic heterocycles. The highest BCUT2D eigenvalue weighted by Crippen LogP contribution is 1.96. The van der Waals surface area contributed by atoms with E-state index in [4.69, 9.17) is 5.73 Å². The zero-order valence-corrected chi connectivity index (χ0v) is 7.66. The molecule has 2 N–H and O–H groups in total. The summed E-state index contributed by atoms with van der Waals surface area (Å²) in [5.74, 6) is -0.685. The van der Waals surface area contributed by atoms with E-state index in [2.05, 4.69) is 11.4 Å². The van der Waals surface area contributed by atoms with Gasteiger partial charge in [-0.2, -0.15) is 5.06 Å². The summed E-state index contributed by atoms with van der Waals surface area (Å²) in [5.41, 5.74) is 4.96. The van der Waals surface area contributed by atoms with Gasteiger partial charge in [-0.3, -0.25) is 0 Å². The second-order valence-electron chi connectivity index (χ2n) is 2.41. The molecular formula is C8H14N2O3. The van der Waals surface area contributed by atoms with Crippen molar-refractivity contribution in [1.29, 1.82) is 0 Å². The Bertz CT molecular complexity index is 204. The van der Waals surface area contributed by atoms with Crippen LogP contribution in [0.25, 0.3) is 0 Å². The van der Waals surface area contributed by atoms with Gasteiger partial charge in [0.2, 0.25) is 0 Å². The standard InChI is InChI=1S/C8H14N2O3/c1-3-5-6-10(8(9)12)13-7(11)4-2/h4H,2-3,5-6H2,1H3,(H2,9,12). The summed E-state index contributed by atoms with van der Waals surface area (Å²) in [5, 5.41) is 0.827. The van der Waals surface area contributed by atoms with Crippen LogP contribution in [0.4, 0.5) is 4.79 Å². The van der Waals surface area contributed by atoms with Gasteiger partial charge in [0, 0.05) is 6.08 Å². The molecule has 2 amide bonds. The molecule has 0 fully saturated rings. The van der Waals surface area contributed by atoms with Crippen LogP contribution in [0.3, 0.4) is 0 Å². The number of hydrogen-bond acceptors (Lipinski definition) is 3.